The molecular weight excluding hydrogens is 781 g/mol. The topological polar surface area (TPSA) is 71.5 Å². The van der Waals surface area contributed by atoms with Gasteiger partial charge in [-0.3, -0.25) is 14.6 Å². The summed E-state index contributed by atoms with van der Waals surface area (Å²) in [5.41, 5.74) is 0. The Labute approximate surface area is 394 Å². The molecule has 2 atom stereocenters. The van der Waals surface area contributed by atoms with Gasteiger partial charge in [0.1, 0.15) is 0 Å². The van der Waals surface area contributed by atoms with Gasteiger partial charge in [0.05, 0.1) is 25.9 Å². The molecule has 1 aliphatic carbocycles. The number of carbonyl (C=O) groups excluding carboxylic acids is 1. The largest absolute Gasteiger partial charge is 0.465 e. The summed E-state index contributed by atoms with van der Waals surface area (Å²) in [6.07, 6.45) is 48.3. The maximum atomic E-state index is 12.9. The maximum Gasteiger partial charge on any atom is 0.305 e. The number of aliphatic hydroxyl groups excluding tert-OH is 1. The summed E-state index contributed by atoms with van der Waals surface area (Å²) in [5, 5.41) is 9.81. The van der Waals surface area contributed by atoms with Crippen LogP contribution >= 0.6 is 0 Å². The van der Waals surface area contributed by atoms with E-state index in [0.717, 1.165) is 78.0 Å². The van der Waals surface area contributed by atoms with E-state index in [-0.39, 0.29) is 18.7 Å². The lowest BCUT2D eigenvalue weighted by molar-refractivity contribution is -0.145. The van der Waals surface area contributed by atoms with Crippen LogP contribution in [0.2, 0.25) is 0 Å². The van der Waals surface area contributed by atoms with E-state index < -0.39 is 0 Å². The Morgan fingerprint density at radius 2 is 0.968 bits per heavy atom. The molecule has 0 radical (unpaired) electrons. The molecule has 0 saturated heterocycles. The second kappa shape index (κ2) is 47.8. The van der Waals surface area contributed by atoms with Crippen LogP contribution in [-0.2, 0) is 19.0 Å². The van der Waals surface area contributed by atoms with E-state index >= 15 is 0 Å². The average Bonchev–Trinajstić information content (AvgIpc) is 4.14. The highest BCUT2D eigenvalue weighted by Crippen LogP contribution is 2.26. The molecule has 0 amide bonds. The molecule has 2 unspecified atom stereocenters. The molecule has 1 saturated carbocycles. The van der Waals surface area contributed by atoms with Crippen LogP contribution in [0.25, 0.3) is 0 Å². The van der Waals surface area contributed by atoms with Crippen molar-refractivity contribution in [1.29, 1.82) is 0 Å². The van der Waals surface area contributed by atoms with Crippen molar-refractivity contribution >= 4 is 5.97 Å². The van der Waals surface area contributed by atoms with Crippen molar-refractivity contribution in [3.8, 4) is 0 Å². The molecule has 0 aromatic rings. The van der Waals surface area contributed by atoms with Crippen molar-refractivity contribution in [3.63, 3.8) is 0 Å². The summed E-state index contributed by atoms with van der Waals surface area (Å²) in [7, 11) is 0. The van der Waals surface area contributed by atoms with E-state index in [1.165, 1.54) is 205 Å². The molecule has 1 aliphatic rings. The summed E-state index contributed by atoms with van der Waals surface area (Å²) < 4.78 is 19.0. The number of hydrogen-bond acceptors (Lipinski definition) is 7. The lowest BCUT2D eigenvalue weighted by Crippen LogP contribution is -2.43. The van der Waals surface area contributed by atoms with Gasteiger partial charge in [-0.05, 0) is 63.8 Å². The number of carbonyl (C=O) groups is 1. The zero-order valence-corrected chi connectivity index (χ0v) is 43.1. The number of unbranched alkanes of at least 4 members (excludes halogenated alkanes) is 28. The van der Waals surface area contributed by atoms with Crippen molar-refractivity contribution in [2.45, 2.75) is 284 Å². The summed E-state index contributed by atoms with van der Waals surface area (Å²) in [4.78, 5) is 18.0. The predicted molar refractivity (Wildman–Crippen MR) is 272 cm³/mol. The maximum absolute atomic E-state index is 12.9. The van der Waals surface area contributed by atoms with Crippen molar-refractivity contribution in [1.82, 2.24) is 9.80 Å². The van der Waals surface area contributed by atoms with Gasteiger partial charge in [-0.25, -0.2) is 0 Å². The zero-order chi connectivity index (χ0) is 45.5. The van der Waals surface area contributed by atoms with Gasteiger partial charge < -0.3 is 19.3 Å². The fourth-order valence-corrected chi connectivity index (χ4v) is 9.25. The average molecular weight is 894 g/mol. The molecular formula is C56H112N2O5. The molecule has 0 heterocycles. The van der Waals surface area contributed by atoms with Crippen LogP contribution in [0.5, 0.6) is 0 Å². The predicted octanol–water partition coefficient (Wildman–Crippen LogP) is 15.4. The van der Waals surface area contributed by atoms with Gasteiger partial charge in [0, 0.05) is 51.9 Å². The van der Waals surface area contributed by atoms with Gasteiger partial charge in [0.15, 0.2) is 0 Å². The molecule has 1 fully saturated rings. The monoisotopic (exact) mass is 893 g/mol. The van der Waals surface area contributed by atoms with Crippen LogP contribution in [0, 0.1) is 5.92 Å². The van der Waals surface area contributed by atoms with E-state index in [1.54, 1.807) is 0 Å². The Morgan fingerprint density at radius 3 is 1.48 bits per heavy atom. The van der Waals surface area contributed by atoms with Crippen molar-refractivity contribution in [2.75, 3.05) is 65.8 Å². The summed E-state index contributed by atoms with van der Waals surface area (Å²) >= 11 is 0. The molecule has 0 aromatic heterocycles. The first-order chi connectivity index (χ1) is 31.1. The summed E-state index contributed by atoms with van der Waals surface area (Å²) in [6.45, 7) is 16.9. The van der Waals surface area contributed by atoms with E-state index in [9.17, 15) is 9.90 Å². The number of hydrogen-bond donors (Lipinski definition) is 1. The zero-order valence-electron chi connectivity index (χ0n) is 43.1. The molecule has 0 aromatic carbocycles. The lowest BCUT2D eigenvalue weighted by Gasteiger charge is -2.30. The summed E-state index contributed by atoms with van der Waals surface area (Å²) in [5.74, 6) is 0.517. The number of esters is 1. The third-order valence-electron chi connectivity index (χ3n) is 13.7. The van der Waals surface area contributed by atoms with Crippen molar-refractivity contribution in [3.05, 3.63) is 0 Å². The van der Waals surface area contributed by atoms with Crippen LogP contribution in [0.1, 0.15) is 272 Å². The third kappa shape index (κ3) is 41.2. The van der Waals surface area contributed by atoms with Crippen LogP contribution in [0.15, 0.2) is 0 Å². The molecule has 7 heteroatoms. The minimum Gasteiger partial charge on any atom is -0.465 e. The van der Waals surface area contributed by atoms with Crippen LogP contribution in [0.3, 0.4) is 0 Å². The number of ether oxygens (including phenoxy) is 3. The van der Waals surface area contributed by atoms with Crippen molar-refractivity contribution < 1.29 is 24.1 Å². The highest BCUT2D eigenvalue weighted by Gasteiger charge is 2.29. The normalized spacial score (nSPS) is 14.0. The Kier molecular flexibility index (Phi) is 45.7. The smallest absolute Gasteiger partial charge is 0.305 e. The number of nitrogens with zero attached hydrogens (tertiary/aromatic N) is 2. The number of aliphatic hydroxyl groups is 1. The first kappa shape index (κ1) is 60.3. The van der Waals surface area contributed by atoms with Crippen LogP contribution < -0.4 is 0 Å². The number of rotatable bonds is 53. The second-order valence-corrected chi connectivity index (χ2v) is 20.0. The van der Waals surface area contributed by atoms with Crippen molar-refractivity contribution in [2.24, 2.45) is 5.92 Å². The van der Waals surface area contributed by atoms with Gasteiger partial charge >= 0.3 is 5.97 Å². The second-order valence-electron chi connectivity index (χ2n) is 20.0. The molecule has 63 heavy (non-hydrogen) atoms. The van der Waals surface area contributed by atoms with Gasteiger partial charge in [-0.1, -0.05) is 214 Å². The summed E-state index contributed by atoms with van der Waals surface area (Å²) in [6, 6.07) is 0.638. The Bertz CT molecular complexity index is 918. The van der Waals surface area contributed by atoms with Crippen LogP contribution in [0.4, 0.5) is 0 Å². The molecule has 1 N–H and O–H groups in total. The Hall–Kier alpha value is -0.730. The fraction of sp³-hybridized carbons (Fsp3) is 0.982. The fourth-order valence-electron chi connectivity index (χ4n) is 9.25. The third-order valence-corrected chi connectivity index (χ3v) is 13.7. The molecule has 7 nitrogen and oxygen atoms in total. The molecule has 0 aliphatic heterocycles. The highest BCUT2D eigenvalue weighted by atomic mass is 16.5. The van der Waals surface area contributed by atoms with Gasteiger partial charge in [0.25, 0.3) is 0 Å². The standard InChI is InChI=1S/C56H112N2O5/c1-5-9-13-17-20-22-24-26-29-36-48-61-52-55(62-49-37-30-27-25-23-21-18-14-10-6-2)50-57(44-45-58(46-47-59)54-41-42-54)43-35-31-34-40-56(60)63-51-53(38-32-16-12-8-4)39-33-28-19-15-11-7-3/h53-55,59H,5-52H2,1-4H3. The van der Waals surface area contributed by atoms with E-state index in [1.807, 2.05) is 0 Å². The minimum absolute atomic E-state index is 0.00238. The minimum atomic E-state index is -0.00238. The SMILES string of the molecule is CCCCCCCCCCCCOCC(CN(CCCCCC(=O)OCC(CCCCCC)CCCCCCCC)CCN(CCO)C1CC1)OCCCCCCCCCCCC. The molecule has 0 bridgehead atoms. The Morgan fingerprint density at radius 1 is 0.508 bits per heavy atom. The Balaban J connectivity index is 2.66. The molecule has 0 spiro atoms. The highest BCUT2D eigenvalue weighted by molar-refractivity contribution is 5.69. The van der Waals surface area contributed by atoms with Gasteiger partial charge in [-0.15, -0.1) is 0 Å². The first-order valence-electron chi connectivity index (χ1n) is 28.5. The molecule has 376 valence electrons. The first-order valence-corrected chi connectivity index (χ1v) is 28.5. The van der Waals surface area contributed by atoms with Crippen LogP contribution in [-0.4, -0.2) is 98.8 Å². The van der Waals surface area contributed by atoms with Gasteiger partial charge in [-0.2, -0.15) is 0 Å². The van der Waals surface area contributed by atoms with E-state index in [0.29, 0.717) is 31.6 Å². The van der Waals surface area contributed by atoms with E-state index in [2.05, 4.69) is 37.5 Å². The molecule has 1 rings (SSSR count). The quantitative estimate of drug-likeness (QED) is 0.0482. The van der Waals surface area contributed by atoms with E-state index in [4.69, 9.17) is 14.2 Å². The van der Waals surface area contributed by atoms with Gasteiger partial charge in [0.2, 0.25) is 0 Å². The lowest BCUT2D eigenvalue weighted by atomic mass is 9.95.